The van der Waals surface area contributed by atoms with E-state index in [1.165, 1.54) is 0 Å². The Morgan fingerprint density at radius 1 is 1.35 bits per heavy atom. The first kappa shape index (κ1) is 16.1. The molecule has 3 heterocycles. The van der Waals surface area contributed by atoms with E-state index in [0.29, 0.717) is 11.6 Å². The molecular weight excluding hydrogens is 310 g/mol. The van der Waals surface area contributed by atoms with Gasteiger partial charge in [-0.25, -0.2) is 4.98 Å². The maximum absolute atomic E-state index is 12.5. The van der Waals surface area contributed by atoms with Crippen LogP contribution in [0, 0.1) is 6.92 Å². The Kier molecular flexibility index (Phi) is 4.77. The van der Waals surface area contributed by atoms with Crippen molar-refractivity contribution in [1.82, 2.24) is 25.0 Å². The Bertz CT molecular complexity index is 670. The topological polar surface area (TPSA) is 65.1 Å². The first-order valence-corrected chi connectivity index (χ1v) is 8.89. The molecule has 1 fully saturated rings. The molecule has 1 aliphatic rings. The number of carbonyl (C=O) groups is 1. The molecule has 0 atom stereocenters. The number of rotatable bonds is 4. The number of hydrogen-bond acceptors (Lipinski definition) is 5. The molecule has 3 rings (SSSR count). The maximum atomic E-state index is 12.5. The van der Waals surface area contributed by atoms with Gasteiger partial charge >= 0.3 is 0 Å². The van der Waals surface area contributed by atoms with Crippen LogP contribution < -0.4 is 0 Å². The van der Waals surface area contributed by atoms with Gasteiger partial charge in [-0.1, -0.05) is 13.8 Å². The van der Waals surface area contributed by atoms with Gasteiger partial charge in [0.1, 0.15) is 5.69 Å². The lowest BCUT2D eigenvalue weighted by Gasteiger charge is -2.34. The number of piperazine rings is 1. The van der Waals surface area contributed by atoms with Crippen LogP contribution in [0.5, 0.6) is 0 Å². The van der Waals surface area contributed by atoms with Crippen molar-refractivity contribution in [3.63, 3.8) is 0 Å². The lowest BCUT2D eigenvalue weighted by molar-refractivity contribution is 0.0621. The van der Waals surface area contributed by atoms with Crippen LogP contribution in [0.4, 0.5) is 0 Å². The fraction of sp³-hybridized carbons (Fsp3) is 0.562. The number of aromatic amines is 1. The number of amides is 1. The minimum atomic E-state index is 0.0253. The molecule has 0 aliphatic carbocycles. The van der Waals surface area contributed by atoms with Gasteiger partial charge in [0, 0.05) is 43.8 Å². The zero-order valence-electron chi connectivity index (χ0n) is 13.9. The van der Waals surface area contributed by atoms with Crippen LogP contribution in [0.1, 0.15) is 46.6 Å². The molecule has 0 bridgehead atoms. The highest BCUT2D eigenvalue weighted by Crippen LogP contribution is 2.15. The lowest BCUT2D eigenvalue weighted by atomic mass is 10.1. The van der Waals surface area contributed by atoms with Crippen LogP contribution in [0.15, 0.2) is 11.4 Å². The molecule has 7 heteroatoms. The van der Waals surface area contributed by atoms with Crippen LogP contribution in [0.2, 0.25) is 0 Å². The third-order valence-electron chi connectivity index (χ3n) is 4.15. The zero-order valence-corrected chi connectivity index (χ0v) is 14.7. The number of H-pyrrole nitrogens is 1. The molecule has 1 saturated heterocycles. The Labute approximate surface area is 140 Å². The first-order valence-electron chi connectivity index (χ1n) is 8.01. The van der Waals surface area contributed by atoms with Crippen molar-refractivity contribution in [1.29, 1.82) is 0 Å². The fourth-order valence-electron chi connectivity index (χ4n) is 2.72. The van der Waals surface area contributed by atoms with Crippen molar-refractivity contribution in [3.05, 3.63) is 33.5 Å². The molecule has 124 valence electrons. The van der Waals surface area contributed by atoms with Crippen molar-refractivity contribution in [2.24, 2.45) is 0 Å². The number of thiazole rings is 1. The van der Waals surface area contributed by atoms with E-state index in [-0.39, 0.29) is 5.91 Å². The SMILES string of the molecule is Cc1nc(CN2CCN(C(=O)c3cc(C(C)C)[nH]n3)CC2)cs1. The van der Waals surface area contributed by atoms with Gasteiger partial charge in [-0.3, -0.25) is 14.8 Å². The van der Waals surface area contributed by atoms with Gasteiger partial charge < -0.3 is 4.90 Å². The van der Waals surface area contributed by atoms with Gasteiger partial charge in [0.2, 0.25) is 0 Å². The summed E-state index contributed by atoms with van der Waals surface area (Å²) in [6.45, 7) is 10.3. The zero-order chi connectivity index (χ0) is 16.4. The number of nitrogens with zero attached hydrogens (tertiary/aromatic N) is 4. The van der Waals surface area contributed by atoms with Crippen LogP contribution in [0.25, 0.3) is 0 Å². The number of aryl methyl sites for hydroxylation is 1. The molecule has 2 aromatic heterocycles. The molecule has 0 radical (unpaired) electrons. The van der Waals surface area contributed by atoms with Gasteiger partial charge in [-0.15, -0.1) is 11.3 Å². The lowest BCUT2D eigenvalue weighted by Crippen LogP contribution is -2.48. The van der Waals surface area contributed by atoms with Crippen molar-refractivity contribution in [2.75, 3.05) is 26.2 Å². The smallest absolute Gasteiger partial charge is 0.274 e. The summed E-state index contributed by atoms with van der Waals surface area (Å²) in [4.78, 5) is 21.3. The third-order valence-corrected chi connectivity index (χ3v) is 4.97. The highest BCUT2D eigenvalue weighted by atomic mass is 32.1. The van der Waals surface area contributed by atoms with Gasteiger partial charge in [-0.2, -0.15) is 5.10 Å². The van der Waals surface area contributed by atoms with Crippen molar-refractivity contribution in [2.45, 2.75) is 33.2 Å². The number of hydrogen-bond donors (Lipinski definition) is 1. The van der Waals surface area contributed by atoms with Crippen molar-refractivity contribution < 1.29 is 4.79 Å². The van der Waals surface area contributed by atoms with E-state index in [9.17, 15) is 4.79 Å². The average Bonchev–Trinajstić information content (AvgIpc) is 3.17. The average molecular weight is 333 g/mol. The van der Waals surface area contributed by atoms with E-state index >= 15 is 0 Å². The van der Waals surface area contributed by atoms with E-state index in [2.05, 4.69) is 39.3 Å². The Hall–Kier alpha value is -1.73. The van der Waals surface area contributed by atoms with E-state index in [1.54, 1.807) is 11.3 Å². The standard InChI is InChI=1S/C16H23N5OS/c1-11(2)14-8-15(19-18-14)16(22)21-6-4-20(5-7-21)9-13-10-23-12(3)17-13/h8,10-11H,4-7,9H2,1-3H3,(H,18,19). The molecule has 23 heavy (non-hydrogen) atoms. The second-order valence-electron chi connectivity index (χ2n) is 6.29. The summed E-state index contributed by atoms with van der Waals surface area (Å²) in [5.41, 5.74) is 2.66. The quantitative estimate of drug-likeness (QED) is 0.932. The number of nitrogens with one attached hydrogen (secondary N) is 1. The van der Waals surface area contributed by atoms with Crippen molar-refractivity contribution >= 4 is 17.2 Å². The Morgan fingerprint density at radius 2 is 2.09 bits per heavy atom. The van der Waals surface area contributed by atoms with Gasteiger partial charge in [0.05, 0.1) is 10.7 Å². The van der Waals surface area contributed by atoms with E-state index < -0.39 is 0 Å². The second kappa shape index (κ2) is 6.80. The molecule has 1 amide bonds. The molecule has 0 aromatic carbocycles. The van der Waals surface area contributed by atoms with E-state index in [1.807, 2.05) is 17.9 Å². The van der Waals surface area contributed by atoms with Gasteiger partial charge in [0.25, 0.3) is 5.91 Å². The highest BCUT2D eigenvalue weighted by molar-refractivity contribution is 7.09. The van der Waals surface area contributed by atoms with Crippen LogP contribution in [-0.4, -0.2) is 57.1 Å². The number of aromatic nitrogens is 3. The minimum Gasteiger partial charge on any atom is -0.335 e. The van der Waals surface area contributed by atoms with Gasteiger partial charge in [-0.05, 0) is 18.9 Å². The summed E-state index contributed by atoms with van der Waals surface area (Å²) < 4.78 is 0. The minimum absolute atomic E-state index is 0.0253. The number of carbonyl (C=O) groups excluding carboxylic acids is 1. The van der Waals surface area contributed by atoms with Gasteiger partial charge in [0.15, 0.2) is 0 Å². The summed E-state index contributed by atoms with van der Waals surface area (Å²) in [6, 6.07) is 1.87. The van der Waals surface area contributed by atoms with Crippen LogP contribution >= 0.6 is 11.3 Å². The predicted octanol–water partition coefficient (Wildman–Crippen LogP) is 2.26. The van der Waals surface area contributed by atoms with E-state index in [0.717, 1.165) is 49.1 Å². The largest absolute Gasteiger partial charge is 0.335 e. The monoisotopic (exact) mass is 333 g/mol. The Morgan fingerprint density at radius 3 is 2.65 bits per heavy atom. The van der Waals surface area contributed by atoms with E-state index in [4.69, 9.17) is 0 Å². The molecule has 1 N–H and O–H groups in total. The normalized spacial score (nSPS) is 16.3. The Balaban J connectivity index is 1.54. The summed E-state index contributed by atoms with van der Waals surface area (Å²) in [6.07, 6.45) is 0. The molecule has 1 aliphatic heterocycles. The summed E-state index contributed by atoms with van der Waals surface area (Å²) in [5.74, 6) is 0.375. The predicted molar refractivity (Wildman–Crippen MR) is 90.7 cm³/mol. The molecular formula is C16H23N5OS. The van der Waals surface area contributed by atoms with Crippen molar-refractivity contribution in [3.8, 4) is 0 Å². The second-order valence-corrected chi connectivity index (χ2v) is 7.35. The van der Waals surface area contributed by atoms with Crippen LogP contribution in [0.3, 0.4) is 0 Å². The van der Waals surface area contributed by atoms with Crippen LogP contribution in [-0.2, 0) is 6.54 Å². The summed E-state index contributed by atoms with van der Waals surface area (Å²) in [5, 5.41) is 10.3. The molecule has 2 aromatic rings. The third kappa shape index (κ3) is 3.79. The fourth-order valence-corrected chi connectivity index (χ4v) is 3.33. The summed E-state index contributed by atoms with van der Waals surface area (Å²) >= 11 is 1.69. The molecule has 0 unspecified atom stereocenters. The summed E-state index contributed by atoms with van der Waals surface area (Å²) in [7, 11) is 0. The first-order chi connectivity index (χ1) is 11.0. The molecule has 6 nitrogen and oxygen atoms in total. The molecule has 0 saturated carbocycles. The molecule has 0 spiro atoms. The highest BCUT2D eigenvalue weighted by Gasteiger charge is 2.24. The maximum Gasteiger partial charge on any atom is 0.274 e.